The van der Waals surface area contributed by atoms with Crippen LogP contribution in [0.15, 0.2) is 20.1 Å². The summed E-state index contributed by atoms with van der Waals surface area (Å²) in [6.45, 7) is 0. The van der Waals surface area contributed by atoms with Crippen LogP contribution in [0.25, 0.3) is 0 Å². The molecular formula is C11H13BrO2S2. The first kappa shape index (κ1) is 12.5. The van der Waals surface area contributed by atoms with Gasteiger partial charge < -0.3 is 5.11 Å². The van der Waals surface area contributed by atoms with E-state index in [1.807, 2.05) is 11.8 Å². The minimum atomic E-state index is -0.623. The number of halogens is 1. The van der Waals surface area contributed by atoms with Crippen LogP contribution in [0, 0.1) is 5.92 Å². The largest absolute Gasteiger partial charge is 0.481 e. The molecule has 0 aliphatic heterocycles. The number of aliphatic carboxylic acids is 1. The molecule has 0 unspecified atom stereocenters. The summed E-state index contributed by atoms with van der Waals surface area (Å²) in [6.07, 6.45) is 3.72. The van der Waals surface area contributed by atoms with Crippen LogP contribution in [0.5, 0.6) is 0 Å². The molecule has 0 spiro atoms. The average Bonchev–Trinajstić information content (AvgIpc) is 2.65. The highest BCUT2D eigenvalue weighted by Crippen LogP contribution is 2.39. The van der Waals surface area contributed by atoms with E-state index in [1.165, 1.54) is 4.21 Å². The molecule has 0 saturated heterocycles. The molecule has 16 heavy (non-hydrogen) atoms. The van der Waals surface area contributed by atoms with Gasteiger partial charge in [-0.05, 0) is 53.7 Å². The Hall–Kier alpha value is -0.0000000000000000833. The van der Waals surface area contributed by atoms with E-state index in [9.17, 15) is 4.79 Å². The Labute approximate surface area is 112 Å². The van der Waals surface area contributed by atoms with E-state index in [0.717, 1.165) is 29.5 Å². The predicted molar refractivity (Wildman–Crippen MR) is 71.3 cm³/mol. The van der Waals surface area contributed by atoms with Crippen LogP contribution in [0.3, 0.4) is 0 Å². The summed E-state index contributed by atoms with van der Waals surface area (Å²) < 4.78 is 2.49. The molecule has 1 N–H and O–H groups in total. The Kier molecular flexibility index (Phi) is 4.33. The molecule has 0 amide bonds. The second kappa shape index (κ2) is 5.56. The van der Waals surface area contributed by atoms with Gasteiger partial charge >= 0.3 is 5.97 Å². The molecule has 0 bridgehead atoms. The SMILES string of the molecule is O=C(O)C1CCC(Sc2ccc(Br)s2)CC1. The van der Waals surface area contributed by atoms with Gasteiger partial charge in [0.2, 0.25) is 0 Å². The topological polar surface area (TPSA) is 37.3 Å². The lowest BCUT2D eigenvalue weighted by Gasteiger charge is -2.24. The van der Waals surface area contributed by atoms with Crippen LogP contribution in [0.1, 0.15) is 25.7 Å². The zero-order chi connectivity index (χ0) is 11.5. The zero-order valence-corrected chi connectivity index (χ0v) is 11.9. The third kappa shape index (κ3) is 3.25. The maximum Gasteiger partial charge on any atom is 0.306 e. The molecule has 1 aliphatic carbocycles. The van der Waals surface area contributed by atoms with Crippen molar-refractivity contribution in [2.45, 2.75) is 35.1 Å². The van der Waals surface area contributed by atoms with E-state index in [-0.39, 0.29) is 5.92 Å². The lowest BCUT2D eigenvalue weighted by molar-refractivity contribution is -0.142. The second-order valence-electron chi connectivity index (χ2n) is 3.99. The van der Waals surface area contributed by atoms with Gasteiger partial charge in [-0.3, -0.25) is 4.79 Å². The van der Waals surface area contributed by atoms with Crippen molar-refractivity contribution < 1.29 is 9.90 Å². The minimum Gasteiger partial charge on any atom is -0.481 e. The normalized spacial score (nSPS) is 25.6. The van der Waals surface area contributed by atoms with Crippen LogP contribution in [0.2, 0.25) is 0 Å². The molecule has 1 aliphatic rings. The first-order valence-electron chi connectivity index (χ1n) is 5.30. The third-order valence-corrected chi connectivity index (χ3v) is 5.98. The highest BCUT2D eigenvalue weighted by atomic mass is 79.9. The van der Waals surface area contributed by atoms with Crippen molar-refractivity contribution in [3.8, 4) is 0 Å². The van der Waals surface area contributed by atoms with Crippen molar-refractivity contribution in [3.05, 3.63) is 15.9 Å². The lowest BCUT2D eigenvalue weighted by Crippen LogP contribution is -2.22. The molecule has 1 heterocycles. The zero-order valence-electron chi connectivity index (χ0n) is 8.69. The molecule has 0 aromatic carbocycles. The molecule has 88 valence electrons. The minimum absolute atomic E-state index is 0.105. The van der Waals surface area contributed by atoms with Gasteiger partial charge in [-0.15, -0.1) is 23.1 Å². The maximum absolute atomic E-state index is 10.8. The lowest BCUT2D eigenvalue weighted by atomic mass is 9.89. The van der Waals surface area contributed by atoms with Gasteiger partial charge in [0.05, 0.1) is 13.9 Å². The van der Waals surface area contributed by atoms with Gasteiger partial charge in [0.1, 0.15) is 0 Å². The van der Waals surface area contributed by atoms with Crippen LogP contribution in [0.4, 0.5) is 0 Å². The van der Waals surface area contributed by atoms with Crippen molar-refractivity contribution in [2.24, 2.45) is 5.92 Å². The summed E-state index contributed by atoms with van der Waals surface area (Å²) in [6, 6.07) is 4.19. The predicted octanol–water partition coefficient (Wildman–Crippen LogP) is 4.25. The molecule has 2 nitrogen and oxygen atoms in total. The number of carboxylic acid groups (broad SMARTS) is 1. The molecule has 5 heteroatoms. The van der Waals surface area contributed by atoms with E-state index in [0.29, 0.717) is 5.25 Å². The average molecular weight is 321 g/mol. The van der Waals surface area contributed by atoms with Gasteiger partial charge in [-0.1, -0.05) is 0 Å². The van der Waals surface area contributed by atoms with Crippen molar-refractivity contribution in [3.63, 3.8) is 0 Å². The maximum atomic E-state index is 10.8. The number of rotatable bonds is 3. The van der Waals surface area contributed by atoms with E-state index >= 15 is 0 Å². The van der Waals surface area contributed by atoms with E-state index in [4.69, 9.17) is 5.11 Å². The summed E-state index contributed by atoms with van der Waals surface area (Å²) in [5, 5.41) is 9.50. The molecule has 2 rings (SSSR count). The summed E-state index contributed by atoms with van der Waals surface area (Å²) >= 11 is 7.10. The molecule has 1 aromatic heterocycles. The van der Waals surface area contributed by atoms with Crippen molar-refractivity contribution in [1.82, 2.24) is 0 Å². The number of hydrogen-bond acceptors (Lipinski definition) is 3. The van der Waals surface area contributed by atoms with Crippen LogP contribution in [-0.4, -0.2) is 16.3 Å². The fraction of sp³-hybridized carbons (Fsp3) is 0.545. The Morgan fingerprint density at radius 1 is 1.38 bits per heavy atom. The summed E-state index contributed by atoms with van der Waals surface area (Å²) in [5.41, 5.74) is 0. The quantitative estimate of drug-likeness (QED) is 0.904. The fourth-order valence-electron chi connectivity index (χ4n) is 1.95. The van der Waals surface area contributed by atoms with Gasteiger partial charge in [0, 0.05) is 5.25 Å². The summed E-state index contributed by atoms with van der Waals surface area (Å²) in [5.74, 6) is -0.728. The van der Waals surface area contributed by atoms with E-state index < -0.39 is 5.97 Å². The van der Waals surface area contributed by atoms with Gasteiger partial charge in [0.25, 0.3) is 0 Å². The molecule has 0 radical (unpaired) electrons. The van der Waals surface area contributed by atoms with E-state index in [2.05, 4.69) is 28.1 Å². The third-order valence-electron chi connectivity index (χ3n) is 2.85. The first-order valence-corrected chi connectivity index (χ1v) is 7.79. The van der Waals surface area contributed by atoms with Crippen molar-refractivity contribution >= 4 is 45.0 Å². The highest BCUT2D eigenvalue weighted by molar-refractivity contribution is 9.11. The molecule has 1 saturated carbocycles. The number of hydrogen-bond donors (Lipinski definition) is 1. The number of thioether (sulfide) groups is 1. The van der Waals surface area contributed by atoms with Crippen LogP contribution >= 0.6 is 39.0 Å². The Morgan fingerprint density at radius 2 is 2.06 bits per heavy atom. The van der Waals surface area contributed by atoms with Crippen LogP contribution < -0.4 is 0 Å². The fourth-order valence-corrected chi connectivity index (χ4v) is 5.25. The molecule has 1 aromatic rings. The summed E-state index contributed by atoms with van der Waals surface area (Å²) in [7, 11) is 0. The monoisotopic (exact) mass is 320 g/mol. The van der Waals surface area contributed by atoms with Crippen molar-refractivity contribution in [1.29, 1.82) is 0 Å². The van der Waals surface area contributed by atoms with Gasteiger partial charge in [-0.2, -0.15) is 0 Å². The summed E-state index contributed by atoms with van der Waals surface area (Å²) in [4.78, 5) is 10.8. The Balaban J connectivity index is 1.83. The smallest absolute Gasteiger partial charge is 0.306 e. The highest BCUT2D eigenvalue weighted by Gasteiger charge is 2.26. The van der Waals surface area contributed by atoms with Gasteiger partial charge in [-0.25, -0.2) is 0 Å². The molecule has 0 atom stereocenters. The first-order chi connectivity index (χ1) is 7.65. The van der Waals surface area contributed by atoms with Crippen molar-refractivity contribution in [2.75, 3.05) is 0 Å². The Morgan fingerprint density at radius 3 is 2.56 bits per heavy atom. The second-order valence-corrected chi connectivity index (χ2v) is 8.05. The molecule has 1 fully saturated rings. The number of thiophene rings is 1. The molecular weight excluding hydrogens is 308 g/mol. The number of carbonyl (C=O) groups is 1. The van der Waals surface area contributed by atoms with Gasteiger partial charge in [0.15, 0.2) is 0 Å². The number of carboxylic acids is 1. The van der Waals surface area contributed by atoms with Crippen LogP contribution in [-0.2, 0) is 4.79 Å². The standard InChI is InChI=1S/C11H13BrO2S2/c12-9-5-6-10(16-9)15-8-3-1-7(2-4-8)11(13)14/h5-8H,1-4H2,(H,13,14). The Bertz CT molecular complexity index is 370. The van der Waals surface area contributed by atoms with E-state index in [1.54, 1.807) is 11.3 Å².